The average Bonchev–Trinajstić information content (AvgIpc) is 3.58. The van der Waals surface area contributed by atoms with E-state index in [1.165, 1.54) is 12.1 Å². The Hall–Kier alpha value is -3.67. The molecule has 1 aromatic heterocycles. The lowest BCUT2D eigenvalue weighted by molar-refractivity contribution is -0.123. The Labute approximate surface area is 185 Å². The van der Waals surface area contributed by atoms with E-state index in [0.717, 1.165) is 35.0 Å². The Morgan fingerprint density at radius 2 is 1.84 bits per heavy atom. The number of halogens is 1. The topological polar surface area (TPSA) is 56.1 Å². The normalized spacial score (nSPS) is 15.3. The van der Waals surface area contributed by atoms with Crippen molar-refractivity contribution in [3.63, 3.8) is 0 Å². The molecule has 5 nitrogen and oxygen atoms in total. The maximum atomic E-state index is 13.3. The van der Waals surface area contributed by atoms with Crippen molar-refractivity contribution >= 4 is 16.8 Å². The molecule has 1 saturated carbocycles. The highest BCUT2D eigenvalue weighted by molar-refractivity contribution is 5.82. The van der Waals surface area contributed by atoms with Crippen molar-refractivity contribution in [2.24, 2.45) is 5.92 Å². The van der Waals surface area contributed by atoms with Crippen molar-refractivity contribution in [1.82, 2.24) is 15.1 Å². The summed E-state index contributed by atoms with van der Waals surface area (Å²) in [6.45, 7) is 1.98. The number of benzene rings is 3. The fraction of sp³-hybridized carbons (Fsp3) is 0.231. The number of aromatic nitrogens is 2. The molecule has 1 heterocycles. The van der Waals surface area contributed by atoms with Crippen LogP contribution in [0.25, 0.3) is 16.6 Å². The monoisotopic (exact) mass is 429 g/mol. The SMILES string of the molecule is C[C@H](NC(=O)C1CC1)[C@H](Oc1ccc2c(cnn2-c2ccc(F)cc2)c1)c1ccccc1. The second-order valence-electron chi connectivity index (χ2n) is 8.27. The van der Waals surface area contributed by atoms with Crippen LogP contribution in [0.5, 0.6) is 5.75 Å². The van der Waals surface area contributed by atoms with Gasteiger partial charge in [0.1, 0.15) is 17.7 Å². The molecule has 2 atom stereocenters. The van der Waals surface area contributed by atoms with Crippen molar-refractivity contribution in [2.45, 2.75) is 31.9 Å². The number of fused-ring (bicyclic) bond motifs is 1. The first-order valence-corrected chi connectivity index (χ1v) is 10.8. The van der Waals surface area contributed by atoms with Crippen LogP contribution in [-0.4, -0.2) is 21.7 Å². The van der Waals surface area contributed by atoms with E-state index >= 15 is 0 Å². The smallest absolute Gasteiger partial charge is 0.223 e. The molecule has 0 radical (unpaired) electrons. The first kappa shape index (κ1) is 20.2. The Balaban J connectivity index is 1.42. The van der Waals surface area contributed by atoms with Gasteiger partial charge in [0.25, 0.3) is 0 Å². The van der Waals surface area contributed by atoms with Crippen LogP contribution < -0.4 is 10.1 Å². The fourth-order valence-electron chi connectivity index (χ4n) is 3.88. The molecule has 4 aromatic rings. The molecule has 5 rings (SSSR count). The van der Waals surface area contributed by atoms with E-state index in [1.54, 1.807) is 23.0 Å². The number of ether oxygens (including phenoxy) is 1. The Kier molecular flexibility index (Phi) is 5.35. The predicted molar refractivity (Wildman–Crippen MR) is 121 cm³/mol. The zero-order valence-corrected chi connectivity index (χ0v) is 17.7. The van der Waals surface area contributed by atoms with Gasteiger partial charge in [0, 0.05) is 11.3 Å². The largest absolute Gasteiger partial charge is 0.484 e. The first-order chi connectivity index (χ1) is 15.6. The summed E-state index contributed by atoms with van der Waals surface area (Å²) >= 11 is 0. The maximum absolute atomic E-state index is 13.3. The molecular weight excluding hydrogens is 405 g/mol. The van der Waals surface area contributed by atoms with Crippen LogP contribution in [0.3, 0.4) is 0 Å². The van der Waals surface area contributed by atoms with Crippen LogP contribution in [0, 0.1) is 11.7 Å². The molecule has 1 amide bonds. The van der Waals surface area contributed by atoms with E-state index in [0.29, 0.717) is 5.75 Å². The summed E-state index contributed by atoms with van der Waals surface area (Å²) in [4.78, 5) is 12.3. The van der Waals surface area contributed by atoms with Crippen molar-refractivity contribution < 1.29 is 13.9 Å². The fourth-order valence-corrected chi connectivity index (χ4v) is 3.88. The zero-order chi connectivity index (χ0) is 22.1. The third kappa shape index (κ3) is 4.21. The molecule has 1 fully saturated rings. The number of carbonyl (C=O) groups is 1. The standard InChI is InChI=1S/C26H24FN3O2/c1-17(29-26(31)19-7-8-19)25(18-5-3-2-4-6-18)32-23-13-14-24-20(15-23)16-28-30(24)22-11-9-21(27)10-12-22/h2-6,9-17,19,25H,7-8H2,1H3,(H,29,31)/t17-,25-/m0/s1. The van der Waals surface area contributed by atoms with Gasteiger partial charge in [0.05, 0.1) is 23.4 Å². The van der Waals surface area contributed by atoms with Gasteiger partial charge in [-0.3, -0.25) is 4.79 Å². The minimum Gasteiger partial charge on any atom is -0.484 e. The highest BCUT2D eigenvalue weighted by Crippen LogP contribution is 2.31. The minimum atomic E-state index is -0.330. The predicted octanol–water partition coefficient (Wildman–Crippen LogP) is 5.20. The zero-order valence-electron chi connectivity index (χ0n) is 17.7. The lowest BCUT2D eigenvalue weighted by Crippen LogP contribution is -2.39. The highest BCUT2D eigenvalue weighted by Gasteiger charge is 2.32. The summed E-state index contributed by atoms with van der Waals surface area (Å²) in [5.41, 5.74) is 2.68. The third-order valence-electron chi connectivity index (χ3n) is 5.77. The summed E-state index contributed by atoms with van der Waals surface area (Å²) in [7, 11) is 0. The molecule has 1 aliphatic carbocycles. The summed E-state index contributed by atoms with van der Waals surface area (Å²) in [5, 5.41) is 8.48. The number of hydrogen-bond donors (Lipinski definition) is 1. The summed E-state index contributed by atoms with van der Waals surface area (Å²) in [5.74, 6) is 0.647. The van der Waals surface area contributed by atoms with Crippen molar-refractivity contribution in [1.29, 1.82) is 0 Å². The van der Waals surface area contributed by atoms with E-state index in [4.69, 9.17) is 4.74 Å². The molecule has 0 saturated heterocycles. The lowest BCUT2D eigenvalue weighted by Gasteiger charge is -2.26. The molecule has 0 unspecified atom stereocenters. The number of rotatable bonds is 7. The number of hydrogen-bond acceptors (Lipinski definition) is 3. The van der Waals surface area contributed by atoms with Gasteiger partial charge in [-0.05, 0) is 67.8 Å². The van der Waals surface area contributed by atoms with Gasteiger partial charge in [-0.1, -0.05) is 30.3 Å². The third-order valence-corrected chi connectivity index (χ3v) is 5.77. The lowest BCUT2D eigenvalue weighted by atomic mass is 10.0. The molecule has 1 N–H and O–H groups in total. The molecule has 3 aromatic carbocycles. The summed E-state index contributed by atoms with van der Waals surface area (Å²) < 4.78 is 21.4. The van der Waals surface area contributed by atoms with E-state index in [2.05, 4.69) is 10.4 Å². The van der Waals surface area contributed by atoms with Gasteiger partial charge in [-0.2, -0.15) is 5.10 Å². The summed E-state index contributed by atoms with van der Waals surface area (Å²) in [6.07, 6.45) is 3.36. The van der Waals surface area contributed by atoms with Crippen LogP contribution in [0.2, 0.25) is 0 Å². The van der Waals surface area contributed by atoms with Crippen molar-refractivity contribution in [2.75, 3.05) is 0 Å². The molecular formula is C26H24FN3O2. The quantitative estimate of drug-likeness (QED) is 0.439. The number of carbonyl (C=O) groups excluding carboxylic acids is 1. The summed E-state index contributed by atoms with van der Waals surface area (Å²) in [6, 6.07) is 21.7. The molecule has 32 heavy (non-hydrogen) atoms. The van der Waals surface area contributed by atoms with Crippen molar-refractivity contribution in [3.8, 4) is 11.4 Å². The first-order valence-electron chi connectivity index (χ1n) is 10.8. The Bertz CT molecular complexity index is 1230. The molecule has 6 heteroatoms. The van der Waals surface area contributed by atoms with Gasteiger partial charge >= 0.3 is 0 Å². The van der Waals surface area contributed by atoms with E-state index < -0.39 is 0 Å². The minimum absolute atomic E-state index is 0.0954. The van der Waals surface area contributed by atoms with Gasteiger partial charge in [-0.25, -0.2) is 9.07 Å². The van der Waals surface area contributed by atoms with E-state index in [-0.39, 0.29) is 29.8 Å². The number of amides is 1. The Morgan fingerprint density at radius 3 is 2.56 bits per heavy atom. The molecule has 0 bridgehead atoms. The van der Waals surface area contributed by atoms with Crippen LogP contribution in [0.15, 0.2) is 79.0 Å². The number of nitrogens with one attached hydrogen (secondary N) is 1. The van der Waals surface area contributed by atoms with Gasteiger partial charge in [-0.15, -0.1) is 0 Å². The van der Waals surface area contributed by atoms with E-state index in [1.807, 2.05) is 55.5 Å². The van der Waals surface area contributed by atoms with Gasteiger partial charge < -0.3 is 10.1 Å². The van der Waals surface area contributed by atoms with Crippen LogP contribution in [-0.2, 0) is 4.79 Å². The van der Waals surface area contributed by atoms with E-state index in [9.17, 15) is 9.18 Å². The molecule has 1 aliphatic rings. The molecule has 0 spiro atoms. The Morgan fingerprint density at radius 1 is 1.09 bits per heavy atom. The van der Waals surface area contributed by atoms with Crippen LogP contribution in [0.1, 0.15) is 31.4 Å². The molecule has 0 aliphatic heterocycles. The van der Waals surface area contributed by atoms with Crippen LogP contribution >= 0.6 is 0 Å². The van der Waals surface area contributed by atoms with Gasteiger partial charge in [0.15, 0.2) is 0 Å². The molecule has 162 valence electrons. The van der Waals surface area contributed by atoms with Crippen molar-refractivity contribution in [3.05, 3.63) is 90.4 Å². The highest BCUT2D eigenvalue weighted by atomic mass is 19.1. The number of nitrogens with zero attached hydrogens (tertiary/aromatic N) is 2. The second-order valence-corrected chi connectivity index (χ2v) is 8.27. The van der Waals surface area contributed by atoms with Gasteiger partial charge in [0.2, 0.25) is 5.91 Å². The maximum Gasteiger partial charge on any atom is 0.223 e. The van der Waals surface area contributed by atoms with Crippen LogP contribution in [0.4, 0.5) is 4.39 Å². The second kappa shape index (κ2) is 8.46. The average molecular weight is 429 g/mol.